The number of aliphatic hydroxyl groups is 3. The molecule has 0 spiro atoms. The molecule has 4 aliphatic carbocycles. The minimum atomic E-state index is -0.255. The topological polar surface area (TPSA) is 60.7 Å². The van der Waals surface area contributed by atoms with Crippen LogP contribution in [0.4, 0.5) is 0 Å². The van der Waals surface area contributed by atoms with E-state index in [2.05, 4.69) is 41.5 Å². The number of rotatable bonds is 2. The van der Waals surface area contributed by atoms with E-state index in [9.17, 15) is 15.3 Å². The first-order chi connectivity index (χ1) is 12.9. The standard InChI is InChI=1S/C25H44O3/c1-15(14-26)16-7-11-25(6)21(16)17(27)13-19-23(4)10-9-20(28)22(2,3)18(23)8-12-24(19,25)5/h15-21,26-28H,7-14H2,1-6H3/t15-,16-,17-,18+,19-,20+,21+,23+,24-,25-/m1/s1. The molecule has 4 aliphatic rings. The molecule has 0 unspecified atom stereocenters. The van der Waals surface area contributed by atoms with E-state index in [0.717, 1.165) is 25.7 Å². The predicted molar refractivity (Wildman–Crippen MR) is 113 cm³/mol. The molecule has 28 heavy (non-hydrogen) atoms. The molecule has 4 fully saturated rings. The number of hydrogen-bond acceptors (Lipinski definition) is 3. The van der Waals surface area contributed by atoms with E-state index in [4.69, 9.17) is 0 Å². The zero-order valence-electron chi connectivity index (χ0n) is 19.0. The van der Waals surface area contributed by atoms with E-state index in [-0.39, 0.29) is 46.4 Å². The van der Waals surface area contributed by atoms with Gasteiger partial charge in [0, 0.05) is 6.61 Å². The van der Waals surface area contributed by atoms with E-state index in [1.54, 1.807) is 0 Å². The SMILES string of the molecule is C[C@H](CO)[C@H]1CC[C@]2(C)[C@@H]1[C@H](O)C[C@@H]1[C@@]3(C)CC[C@H](O)C(C)(C)[C@@H]3CC[C@]12C. The largest absolute Gasteiger partial charge is 0.396 e. The minimum Gasteiger partial charge on any atom is -0.396 e. The molecule has 3 heteroatoms. The summed E-state index contributed by atoms with van der Waals surface area (Å²) in [5.74, 6) is 2.08. The van der Waals surface area contributed by atoms with Gasteiger partial charge in [0.2, 0.25) is 0 Å². The second-order valence-corrected chi connectivity index (χ2v) is 12.6. The van der Waals surface area contributed by atoms with Gasteiger partial charge >= 0.3 is 0 Å². The van der Waals surface area contributed by atoms with Crippen molar-refractivity contribution in [2.24, 2.45) is 51.2 Å². The van der Waals surface area contributed by atoms with Crippen molar-refractivity contribution < 1.29 is 15.3 Å². The molecular formula is C25H44O3. The van der Waals surface area contributed by atoms with Crippen molar-refractivity contribution >= 4 is 0 Å². The Kier molecular flexibility index (Phi) is 4.86. The van der Waals surface area contributed by atoms with Crippen molar-refractivity contribution in [2.75, 3.05) is 6.61 Å². The van der Waals surface area contributed by atoms with Gasteiger partial charge in [-0.25, -0.2) is 0 Å². The lowest BCUT2D eigenvalue weighted by molar-refractivity contribution is -0.242. The lowest BCUT2D eigenvalue weighted by Gasteiger charge is -2.70. The van der Waals surface area contributed by atoms with Crippen LogP contribution in [-0.4, -0.2) is 34.1 Å². The highest BCUT2D eigenvalue weighted by Gasteiger charge is 2.70. The third kappa shape index (κ3) is 2.45. The van der Waals surface area contributed by atoms with Gasteiger partial charge < -0.3 is 15.3 Å². The number of aliphatic hydroxyl groups excluding tert-OH is 3. The third-order valence-corrected chi connectivity index (χ3v) is 11.4. The molecule has 3 N–H and O–H groups in total. The van der Waals surface area contributed by atoms with Crippen molar-refractivity contribution in [3.8, 4) is 0 Å². The van der Waals surface area contributed by atoms with Crippen LogP contribution in [-0.2, 0) is 0 Å². The minimum absolute atomic E-state index is 0.0410. The Morgan fingerprint density at radius 1 is 0.857 bits per heavy atom. The molecular weight excluding hydrogens is 348 g/mol. The molecule has 0 aromatic heterocycles. The Balaban J connectivity index is 1.74. The van der Waals surface area contributed by atoms with Crippen LogP contribution in [0.25, 0.3) is 0 Å². The highest BCUT2D eigenvalue weighted by molar-refractivity contribution is 5.19. The maximum atomic E-state index is 11.5. The highest BCUT2D eigenvalue weighted by atomic mass is 16.3. The zero-order chi connectivity index (χ0) is 20.7. The molecule has 0 aromatic rings. The fourth-order valence-electron chi connectivity index (χ4n) is 9.58. The monoisotopic (exact) mass is 392 g/mol. The van der Waals surface area contributed by atoms with Gasteiger partial charge in [-0.15, -0.1) is 0 Å². The molecule has 10 atom stereocenters. The van der Waals surface area contributed by atoms with E-state index in [1.165, 1.54) is 19.3 Å². The van der Waals surface area contributed by atoms with Crippen LogP contribution < -0.4 is 0 Å². The second-order valence-electron chi connectivity index (χ2n) is 12.6. The maximum absolute atomic E-state index is 11.5. The molecule has 0 aromatic carbocycles. The van der Waals surface area contributed by atoms with Crippen LogP contribution in [0.1, 0.15) is 86.5 Å². The number of hydrogen-bond donors (Lipinski definition) is 3. The average Bonchev–Trinajstić information content (AvgIpc) is 3.00. The highest BCUT2D eigenvalue weighted by Crippen LogP contribution is 2.75. The van der Waals surface area contributed by atoms with Crippen LogP contribution in [0.3, 0.4) is 0 Å². The normalized spacial score (nSPS) is 56.5. The zero-order valence-corrected chi connectivity index (χ0v) is 19.0. The molecule has 0 amide bonds. The van der Waals surface area contributed by atoms with Crippen LogP contribution in [0.15, 0.2) is 0 Å². The predicted octanol–water partition coefficient (Wildman–Crippen LogP) is 4.63. The molecule has 0 aliphatic heterocycles. The number of fused-ring (bicyclic) bond motifs is 5. The summed E-state index contributed by atoms with van der Waals surface area (Å²) in [5, 5.41) is 32.0. The van der Waals surface area contributed by atoms with E-state index in [1.807, 2.05) is 0 Å². The maximum Gasteiger partial charge on any atom is 0.0594 e. The van der Waals surface area contributed by atoms with Crippen molar-refractivity contribution in [3.05, 3.63) is 0 Å². The summed E-state index contributed by atoms with van der Waals surface area (Å²) in [6.45, 7) is 14.5. The van der Waals surface area contributed by atoms with E-state index < -0.39 is 0 Å². The van der Waals surface area contributed by atoms with E-state index in [0.29, 0.717) is 23.7 Å². The summed E-state index contributed by atoms with van der Waals surface area (Å²) < 4.78 is 0. The first-order valence-corrected chi connectivity index (χ1v) is 11.9. The van der Waals surface area contributed by atoms with Crippen LogP contribution in [0, 0.1) is 51.2 Å². The Morgan fingerprint density at radius 2 is 1.50 bits per heavy atom. The van der Waals surface area contributed by atoms with Gasteiger partial charge in [0.1, 0.15) is 0 Å². The molecule has 162 valence electrons. The van der Waals surface area contributed by atoms with Crippen molar-refractivity contribution in [3.63, 3.8) is 0 Å². The summed E-state index contributed by atoms with van der Waals surface area (Å²) in [6, 6.07) is 0. The molecule has 0 bridgehead atoms. The Labute approximate surface area is 172 Å². The Bertz CT molecular complexity index is 617. The lowest BCUT2D eigenvalue weighted by Crippen LogP contribution is -2.66. The second kappa shape index (κ2) is 6.44. The molecule has 0 heterocycles. The van der Waals surface area contributed by atoms with Gasteiger partial charge in [0.15, 0.2) is 0 Å². The first kappa shape index (κ1) is 21.1. The van der Waals surface area contributed by atoms with E-state index >= 15 is 0 Å². The summed E-state index contributed by atoms with van der Waals surface area (Å²) >= 11 is 0. The van der Waals surface area contributed by atoms with Gasteiger partial charge in [-0.2, -0.15) is 0 Å². The van der Waals surface area contributed by atoms with Gasteiger partial charge in [-0.1, -0.05) is 41.5 Å². The van der Waals surface area contributed by atoms with Crippen LogP contribution in [0.2, 0.25) is 0 Å². The fourth-order valence-corrected chi connectivity index (χ4v) is 9.58. The van der Waals surface area contributed by atoms with Gasteiger partial charge in [-0.05, 0) is 96.2 Å². The van der Waals surface area contributed by atoms with Crippen molar-refractivity contribution in [1.29, 1.82) is 0 Å². The fraction of sp³-hybridized carbons (Fsp3) is 1.00. The molecule has 4 rings (SSSR count). The summed E-state index contributed by atoms with van der Waals surface area (Å²) in [4.78, 5) is 0. The van der Waals surface area contributed by atoms with Gasteiger partial charge in [0.05, 0.1) is 12.2 Å². The summed E-state index contributed by atoms with van der Waals surface area (Å²) in [6.07, 6.45) is 7.18. The van der Waals surface area contributed by atoms with Crippen molar-refractivity contribution in [2.45, 2.75) is 98.7 Å². The van der Waals surface area contributed by atoms with Gasteiger partial charge in [-0.3, -0.25) is 0 Å². The molecule has 0 saturated heterocycles. The van der Waals surface area contributed by atoms with Crippen LogP contribution >= 0.6 is 0 Å². The summed E-state index contributed by atoms with van der Waals surface area (Å²) in [7, 11) is 0. The smallest absolute Gasteiger partial charge is 0.0594 e. The Morgan fingerprint density at radius 3 is 2.14 bits per heavy atom. The molecule has 3 nitrogen and oxygen atoms in total. The summed E-state index contributed by atoms with van der Waals surface area (Å²) in [5.41, 5.74) is 0.550. The van der Waals surface area contributed by atoms with Crippen molar-refractivity contribution in [1.82, 2.24) is 0 Å². The van der Waals surface area contributed by atoms with Crippen LogP contribution in [0.5, 0.6) is 0 Å². The average molecular weight is 393 g/mol. The first-order valence-electron chi connectivity index (χ1n) is 11.9. The lowest BCUT2D eigenvalue weighted by atomic mass is 9.35. The quantitative estimate of drug-likeness (QED) is 0.642. The molecule has 4 saturated carbocycles. The van der Waals surface area contributed by atoms with Gasteiger partial charge in [0.25, 0.3) is 0 Å². The third-order valence-electron chi connectivity index (χ3n) is 11.4. The molecule has 0 radical (unpaired) electrons. The Hall–Kier alpha value is -0.120.